The van der Waals surface area contributed by atoms with Crippen LogP contribution in [0, 0.1) is 5.69 Å². The molecule has 0 saturated carbocycles. The van der Waals surface area contributed by atoms with Gasteiger partial charge < -0.3 is 21.7 Å². The number of nitrogens with zero attached hydrogens (tertiary/aromatic N) is 1. The third kappa shape index (κ3) is 2.21. The van der Waals surface area contributed by atoms with Crippen LogP contribution < -0.4 is 5.73 Å². The van der Waals surface area contributed by atoms with Gasteiger partial charge in [-0.05, 0) is 18.2 Å². The number of benzene rings is 1. The minimum atomic E-state index is -0.472. The van der Waals surface area contributed by atoms with Crippen molar-refractivity contribution in [2.24, 2.45) is 0 Å². The highest BCUT2D eigenvalue weighted by Crippen LogP contribution is 2.14. The lowest BCUT2D eigenvalue weighted by atomic mass is 10.3. The molecule has 0 bridgehead atoms. The van der Waals surface area contributed by atoms with E-state index in [0.717, 1.165) is 15.6 Å². The summed E-state index contributed by atoms with van der Waals surface area (Å²) in [7, 11) is -0.472. The minimum Gasteiger partial charge on any atom is -0.399 e. The lowest BCUT2D eigenvalue weighted by molar-refractivity contribution is 1.13. The normalized spacial score (nSPS) is 10.4. The number of nitrogens with two attached hydrogens (primary N) is 1. The van der Waals surface area contributed by atoms with E-state index in [1.54, 1.807) is 6.20 Å². The SMILES string of the molecule is C#[S-](c1ccc(N)cc1)c1ccccn1. The fourth-order valence-corrected chi connectivity index (χ4v) is 2.28. The van der Waals surface area contributed by atoms with E-state index in [1.807, 2.05) is 42.5 Å². The Bertz CT molecular complexity index is 509. The van der Waals surface area contributed by atoms with Crippen LogP contribution in [0.25, 0.3) is 0 Å². The largest absolute Gasteiger partial charge is 0.399 e. The van der Waals surface area contributed by atoms with Crippen molar-refractivity contribution >= 4 is 16.0 Å². The van der Waals surface area contributed by atoms with Crippen LogP contribution in [-0.2, 0) is 10.3 Å². The van der Waals surface area contributed by atoms with Crippen LogP contribution in [0.5, 0.6) is 0 Å². The first-order chi connectivity index (χ1) is 7.27. The average Bonchev–Trinajstić information content (AvgIpc) is 2.30. The highest BCUT2D eigenvalue weighted by molar-refractivity contribution is 7.86. The predicted molar refractivity (Wildman–Crippen MR) is 63.9 cm³/mol. The molecule has 1 heterocycles. The fraction of sp³-hybridized carbons (Fsp3) is 0. The lowest BCUT2D eigenvalue weighted by Crippen LogP contribution is -1.92. The monoisotopic (exact) mass is 215 g/mol. The van der Waals surface area contributed by atoms with E-state index in [1.165, 1.54) is 0 Å². The molecule has 0 atom stereocenters. The number of rotatable bonds is 0. The molecule has 2 N–H and O–H groups in total. The zero-order chi connectivity index (χ0) is 10.7. The fourth-order valence-electron chi connectivity index (χ4n) is 1.21. The van der Waals surface area contributed by atoms with E-state index < -0.39 is 10.3 Å². The summed E-state index contributed by atoms with van der Waals surface area (Å²) in [6.45, 7) is 0. The van der Waals surface area contributed by atoms with Gasteiger partial charge in [0.25, 0.3) is 0 Å². The number of anilines is 1. The molecule has 2 rings (SSSR count). The van der Waals surface area contributed by atoms with E-state index in [0.29, 0.717) is 0 Å². The van der Waals surface area contributed by atoms with Gasteiger partial charge in [0.1, 0.15) is 0 Å². The molecule has 76 valence electrons. The van der Waals surface area contributed by atoms with Crippen LogP contribution in [0.2, 0.25) is 0 Å². The van der Waals surface area contributed by atoms with Crippen molar-refractivity contribution in [3.05, 3.63) is 48.7 Å². The number of hydrogen-bond donors (Lipinski definition) is 1. The van der Waals surface area contributed by atoms with Gasteiger partial charge in [0.15, 0.2) is 0 Å². The molecule has 1 aromatic carbocycles. The summed E-state index contributed by atoms with van der Waals surface area (Å²) in [5.41, 5.74) is 12.4. The highest BCUT2D eigenvalue weighted by atomic mass is 32.2. The van der Waals surface area contributed by atoms with Gasteiger partial charge >= 0.3 is 0 Å². The molecule has 2 aromatic rings. The predicted octanol–water partition coefficient (Wildman–Crippen LogP) is 2.29. The zero-order valence-corrected chi connectivity index (χ0v) is 8.95. The van der Waals surface area contributed by atoms with Crippen molar-refractivity contribution in [3.63, 3.8) is 0 Å². The molecule has 1 aromatic heterocycles. The van der Waals surface area contributed by atoms with Crippen LogP contribution in [-0.4, -0.2) is 4.98 Å². The van der Waals surface area contributed by atoms with Gasteiger partial charge in [-0.25, -0.2) is 0 Å². The van der Waals surface area contributed by atoms with Gasteiger partial charge in [-0.1, -0.05) is 29.3 Å². The average molecular weight is 215 g/mol. The van der Waals surface area contributed by atoms with Crippen molar-refractivity contribution in [2.45, 2.75) is 9.92 Å². The molecule has 0 saturated heterocycles. The lowest BCUT2D eigenvalue weighted by Gasteiger charge is -2.18. The Hall–Kier alpha value is -1.70. The molecule has 0 radical (unpaired) electrons. The van der Waals surface area contributed by atoms with E-state index in [2.05, 4.69) is 4.98 Å². The maximum atomic E-state index is 6.09. The van der Waals surface area contributed by atoms with Crippen molar-refractivity contribution in [3.8, 4) is 5.69 Å². The first kappa shape index (κ1) is 9.84. The van der Waals surface area contributed by atoms with Gasteiger partial charge in [-0.3, -0.25) is 4.98 Å². The van der Waals surface area contributed by atoms with Gasteiger partial charge in [0.05, 0.1) is 0 Å². The second-order valence-electron chi connectivity index (χ2n) is 3.07. The Balaban J connectivity index is 2.35. The molecule has 0 amide bonds. The standard InChI is InChI=1S/C12H11N2S/c1-15(12-4-2-3-9-14-12)11-7-5-10(13)6-8-11/h1-9H,13H2/q-1. The summed E-state index contributed by atoms with van der Waals surface area (Å²) in [6.07, 6.45) is 1.75. The molecule has 0 aliphatic carbocycles. The third-order valence-electron chi connectivity index (χ3n) is 2.00. The number of aromatic nitrogens is 1. The molecule has 15 heavy (non-hydrogen) atoms. The Morgan fingerprint density at radius 3 is 2.40 bits per heavy atom. The first-order valence-electron chi connectivity index (χ1n) is 4.52. The van der Waals surface area contributed by atoms with Crippen LogP contribution in [0.3, 0.4) is 0 Å². The van der Waals surface area contributed by atoms with Crippen molar-refractivity contribution in [2.75, 3.05) is 5.73 Å². The minimum absolute atomic E-state index is 0.472. The first-order valence-corrected chi connectivity index (χ1v) is 5.81. The van der Waals surface area contributed by atoms with E-state index in [4.69, 9.17) is 11.4 Å². The van der Waals surface area contributed by atoms with Crippen molar-refractivity contribution < 1.29 is 0 Å². The number of pyridine rings is 1. The molecular formula is C12H11N2S-. The Morgan fingerprint density at radius 1 is 1.07 bits per heavy atom. The second-order valence-corrected chi connectivity index (χ2v) is 4.64. The third-order valence-corrected chi connectivity index (χ3v) is 3.47. The van der Waals surface area contributed by atoms with Gasteiger partial charge in [-0.15, -0.1) is 4.90 Å². The molecule has 3 heteroatoms. The summed E-state index contributed by atoms with van der Waals surface area (Å²) in [5.74, 6) is 0. The molecule has 0 aliphatic heterocycles. The number of nitrogen functional groups attached to an aromatic ring is 1. The smallest absolute Gasteiger partial charge is 0.0312 e. The molecule has 0 unspecified atom stereocenters. The zero-order valence-electron chi connectivity index (χ0n) is 8.13. The van der Waals surface area contributed by atoms with Crippen molar-refractivity contribution in [1.82, 2.24) is 4.98 Å². The van der Waals surface area contributed by atoms with Crippen LogP contribution in [0.15, 0.2) is 58.6 Å². The second kappa shape index (κ2) is 4.22. The van der Waals surface area contributed by atoms with Gasteiger partial charge in [-0.2, -0.15) is 0 Å². The topological polar surface area (TPSA) is 38.9 Å². The van der Waals surface area contributed by atoms with E-state index in [9.17, 15) is 0 Å². The maximum absolute atomic E-state index is 6.09. The van der Waals surface area contributed by atoms with Crippen LogP contribution in [0.4, 0.5) is 5.69 Å². The Kier molecular flexibility index (Phi) is 2.77. The van der Waals surface area contributed by atoms with Crippen LogP contribution >= 0.6 is 0 Å². The summed E-state index contributed by atoms with van der Waals surface area (Å²) in [6, 6.07) is 13.3. The summed E-state index contributed by atoms with van der Waals surface area (Å²) < 4.78 is 0. The Morgan fingerprint density at radius 2 is 1.80 bits per heavy atom. The molecule has 0 aliphatic rings. The maximum Gasteiger partial charge on any atom is 0.0312 e. The number of hydrogen-bond acceptors (Lipinski definition) is 3. The Labute approximate surface area is 91.3 Å². The molecule has 0 spiro atoms. The van der Waals surface area contributed by atoms with Gasteiger partial charge in [0.2, 0.25) is 0 Å². The summed E-state index contributed by atoms with van der Waals surface area (Å²) in [5, 5.41) is 0.891. The quantitative estimate of drug-likeness (QED) is 0.541. The van der Waals surface area contributed by atoms with E-state index in [-0.39, 0.29) is 0 Å². The molecule has 0 fully saturated rings. The highest BCUT2D eigenvalue weighted by Gasteiger charge is 1.87. The molecular weight excluding hydrogens is 204 g/mol. The summed E-state index contributed by atoms with van der Waals surface area (Å²) >= 11 is 0. The molecule has 2 nitrogen and oxygen atoms in total. The summed E-state index contributed by atoms with van der Waals surface area (Å²) in [4.78, 5) is 5.28. The van der Waals surface area contributed by atoms with Crippen molar-refractivity contribution in [1.29, 1.82) is 0 Å². The van der Waals surface area contributed by atoms with Crippen LogP contribution in [0.1, 0.15) is 0 Å². The van der Waals surface area contributed by atoms with Gasteiger partial charge in [0, 0.05) is 11.9 Å². The van der Waals surface area contributed by atoms with E-state index >= 15 is 0 Å².